The predicted octanol–water partition coefficient (Wildman–Crippen LogP) is 4.82. The Morgan fingerprint density at radius 2 is 1.72 bits per heavy atom. The number of fused-ring (bicyclic) bond motifs is 1. The van der Waals surface area contributed by atoms with Crippen LogP contribution in [0.4, 0.5) is 22.0 Å². The summed E-state index contributed by atoms with van der Waals surface area (Å²) in [4.78, 5) is 68.0. The molecule has 0 saturated carbocycles. The lowest BCUT2D eigenvalue weighted by molar-refractivity contribution is -0.134. The summed E-state index contributed by atoms with van der Waals surface area (Å²) in [5, 5.41) is 15.7. The molecule has 0 spiro atoms. The Bertz CT molecular complexity index is 2120. The van der Waals surface area contributed by atoms with Crippen LogP contribution in [0, 0.1) is 11.8 Å². The van der Waals surface area contributed by atoms with Crippen molar-refractivity contribution in [3.63, 3.8) is 0 Å². The second-order valence-corrected chi connectivity index (χ2v) is 15.7. The molecular formula is C39H47Cl2N11O6. The Morgan fingerprint density at radius 3 is 2.45 bits per heavy atom. The third-order valence-corrected chi connectivity index (χ3v) is 11.4. The summed E-state index contributed by atoms with van der Waals surface area (Å²) in [6, 6.07) is 6.46. The lowest BCUT2D eigenvalue weighted by Crippen LogP contribution is -2.44. The fourth-order valence-corrected chi connectivity index (χ4v) is 8.12. The molecular weight excluding hydrogens is 789 g/mol. The average molecular weight is 837 g/mol. The van der Waals surface area contributed by atoms with Crippen LogP contribution >= 0.6 is 23.2 Å². The van der Waals surface area contributed by atoms with E-state index in [4.69, 9.17) is 32.7 Å². The number of aromatic nitrogens is 5. The van der Waals surface area contributed by atoms with E-state index in [0.29, 0.717) is 40.8 Å². The van der Waals surface area contributed by atoms with E-state index in [1.54, 1.807) is 19.4 Å². The molecule has 3 aliphatic heterocycles. The van der Waals surface area contributed by atoms with Gasteiger partial charge in [-0.2, -0.15) is 5.10 Å². The summed E-state index contributed by atoms with van der Waals surface area (Å²) < 4.78 is 12.9. The number of anilines is 3. The van der Waals surface area contributed by atoms with E-state index < -0.39 is 12.1 Å². The van der Waals surface area contributed by atoms with Gasteiger partial charge in [-0.1, -0.05) is 29.3 Å². The minimum atomic E-state index is -0.601. The zero-order valence-corrected chi connectivity index (χ0v) is 33.9. The van der Waals surface area contributed by atoms with Crippen LogP contribution in [0.5, 0.6) is 5.88 Å². The number of carbonyl (C=O) groups excluding carboxylic acids is 4. The highest BCUT2D eigenvalue weighted by Crippen LogP contribution is 2.30. The van der Waals surface area contributed by atoms with E-state index in [1.165, 1.54) is 23.0 Å². The highest BCUT2D eigenvalue weighted by molar-refractivity contribution is 6.31. The largest absolute Gasteiger partial charge is 0.474 e. The first-order valence-electron chi connectivity index (χ1n) is 19.5. The lowest BCUT2D eigenvalue weighted by atomic mass is 9.91. The van der Waals surface area contributed by atoms with Crippen molar-refractivity contribution in [3.05, 3.63) is 64.3 Å². The van der Waals surface area contributed by atoms with Gasteiger partial charge in [0.1, 0.15) is 18.1 Å². The Morgan fingerprint density at radius 1 is 0.948 bits per heavy atom. The molecule has 4 aromatic heterocycles. The Kier molecular flexibility index (Phi) is 13.2. The number of nitrogens with one attached hydrogen (secondary N) is 4. The van der Waals surface area contributed by atoms with Crippen LogP contribution in [0.1, 0.15) is 68.7 Å². The molecule has 7 rings (SSSR count). The van der Waals surface area contributed by atoms with Gasteiger partial charge in [-0.25, -0.2) is 24.3 Å². The maximum absolute atomic E-state index is 13.2. The Labute approximate surface area is 345 Å². The van der Waals surface area contributed by atoms with Crippen LogP contribution in [-0.2, 0) is 19.1 Å². The fourth-order valence-electron chi connectivity index (χ4n) is 7.79. The van der Waals surface area contributed by atoms with Crippen LogP contribution in [0.15, 0.2) is 42.9 Å². The van der Waals surface area contributed by atoms with E-state index in [-0.39, 0.29) is 59.4 Å². The number of pyridine rings is 2. The van der Waals surface area contributed by atoms with Crippen molar-refractivity contribution in [2.24, 2.45) is 11.8 Å². The monoisotopic (exact) mass is 835 g/mol. The number of nitrogens with zero attached hydrogens (tertiary/aromatic N) is 7. The minimum absolute atomic E-state index is 0.000359. The summed E-state index contributed by atoms with van der Waals surface area (Å²) in [5.41, 5.74) is 2.48. The summed E-state index contributed by atoms with van der Waals surface area (Å²) in [5.74, 6) is 0.765. The zero-order valence-electron chi connectivity index (χ0n) is 32.4. The Balaban J connectivity index is 0.817. The molecule has 0 aromatic carbocycles. The SMILES string of the molecule is CO[C@@H](C)c1c(NC(=O)Nc2cc(Cl)cnc2OCCNC(=O)C2CCN(CC3CCN(c4ccc(C5CCC(=O)NC5=O)cn4)CC3)CC2)cnc2cc(Cl)nn12. The predicted molar refractivity (Wildman–Crippen MR) is 217 cm³/mol. The number of likely N-dealkylation sites (tertiary alicyclic amines) is 1. The first-order chi connectivity index (χ1) is 28.0. The number of halogens is 2. The number of piperidine rings is 3. The number of methoxy groups -OCH3 is 1. The number of imide groups is 1. The standard InChI is InChI=1S/C39H47Cl2N11O6/c1-23(57-2)35-30(21-44-33-18-31(41)49-52(33)35)47-39(56)46-29-17-27(40)20-45-38(29)58-16-11-42-36(54)25-9-12-50(13-10-25)22-24-7-14-51(15-8-24)32-5-3-26(19-43-32)28-4-6-34(53)48-37(28)55/h3,5,17-21,23-25,28H,4,6-16,22H2,1-2H3,(H,42,54)(H2,46,47,56)(H,48,53,55)/t23-,28?/m0/s1. The van der Waals surface area contributed by atoms with Crippen LogP contribution < -0.4 is 30.9 Å². The lowest BCUT2D eigenvalue weighted by Gasteiger charge is -2.37. The van der Waals surface area contributed by atoms with E-state index >= 15 is 0 Å². The second kappa shape index (κ2) is 18.7. The van der Waals surface area contributed by atoms with Gasteiger partial charge in [-0.15, -0.1) is 0 Å². The molecule has 0 bridgehead atoms. The minimum Gasteiger partial charge on any atom is -0.474 e. The third-order valence-electron chi connectivity index (χ3n) is 11.0. The van der Waals surface area contributed by atoms with Crippen molar-refractivity contribution in [1.29, 1.82) is 0 Å². The molecule has 17 nitrogen and oxygen atoms in total. The number of carbonyl (C=O) groups is 4. The van der Waals surface area contributed by atoms with Gasteiger partial charge in [-0.05, 0) is 75.7 Å². The van der Waals surface area contributed by atoms with Gasteiger partial charge in [0.25, 0.3) is 0 Å². The molecule has 3 saturated heterocycles. The molecule has 308 valence electrons. The molecule has 2 atom stereocenters. The summed E-state index contributed by atoms with van der Waals surface area (Å²) in [6.07, 6.45) is 8.79. The molecule has 0 radical (unpaired) electrons. The smallest absolute Gasteiger partial charge is 0.323 e. The van der Waals surface area contributed by atoms with Gasteiger partial charge < -0.3 is 35.2 Å². The number of rotatable bonds is 13. The number of urea groups is 1. The van der Waals surface area contributed by atoms with Gasteiger partial charge in [0.15, 0.2) is 10.8 Å². The van der Waals surface area contributed by atoms with Gasteiger partial charge in [0, 0.05) is 57.5 Å². The highest BCUT2D eigenvalue weighted by Gasteiger charge is 2.30. The summed E-state index contributed by atoms with van der Waals surface area (Å²) >= 11 is 12.3. The van der Waals surface area contributed by atoms with E-state index in [1.807, 2.05) is 19.1 Å². The van der Waals surface area contributed by atoms with Crippen LogP contribution in [0.25, 0.3) is 5.65 Å². The number of ether oxygens (including phenoxy) is 2. The Hall–Kier alpha value is -5.10. The number of amides is 5. The summed E-state index contributed by atoms with van der Waals surface area (Å²) in [7, 11) is 1.54. The van der Waals surface area contributed by atoms with Gasteiger partial charge in [0.05, 0.1) is 41.2 Å². The van der Waals surface area contributed by atoms with Crippen molar-refractivity contribution >= 4 is 69.8 Å². The number of hydrogen-bond donors (Lipinski definition) is 4. The van der Waals surface area contributed by atoms with Crippen molar-refractivity contribution in [2.45, 2.75) is 57.5 Å². The highest BCUT2D eigenvalue weighted by atomic mass is 35.5. The van der Waals surface area contributed by atoms with Crippen molar-refractivity contribution in [1.82, 2.24) is 40.1 Å². The fraction of sp³-hybridized carbons (Fsp3) is 0.487. The quantitative estimate of drug-likeness (QED) is 0.106. The number of hydrogen-bond acceptors (Lipinski definition) is 12. The van der Waals surface area contributed by atoms with Crippen molar-refractivity contribution in [2.75, 3.05) is 68.5 Å². The average Bonchev–Trinajstić information content (AvgIpc) is 3.60. The molecule has 7 heterocycles. The molecule has 4 N–H and O–H groups in total. The molecule has 5 amide bonds. The first kappa shape index (κ1) is 41.1. The third kappa shape index (κ3) is 9.94. The van der Waals surface area contributed by atoms with Gasteiger partial charge >= 0.3 is 6.03 Å². The van der Waals surface area contributed by atoms with Gasteiger partial charge in [-0.3, -0.25) is 19.7 Å². The maximum Gasteiger partial charge on any atom is 0.323 e. The van der Waals surface area contributed by atoms with E-state index in [0.717, 1.165) is 69.8 Å². The van der Waals surface area contributed by atoms with E-state index in [2.05, 4.69) is 51.1 Å². The van der Waals surface area contributed by atoms with Crippen LogP contribution in [-0.4, -0.2) is 106 Å². The topological polar surface area (TPSA) is 197 Å². The molecule has 19 heteroatoms. The van der Waals surface area contributed by atoms with E-state index in [9.17, 15) is 19.2 Å². The molecule has 3 aliphatic rings. The molecule has 0 aliphatic carbocycles. The normalized spacial score (nSPS) is 18.8. The van der Waals surface area contributed by atoms with Crippen LogP contribution in [0.3, 0.4) is 0 Å². The zero-order chi connectivity index (χ0) is 40.8. The molecule has 3 fully saturated rings. The van der Waals surface area contributed by atoms with Crippen molar-refractivity contribution < 1.29 is 28.7 Å². The first-order valence-corrected chi connectivity index (χ1v) is 20.3. The molecule has 4 aromatic rings. The van der Waals surface area contributed by atoms with Crippen molar-refractivity contribution in [3.8, 4) is 5.88 Å². The van der Waals surface area contributed by atoms with Crippen LogP contribution in [0.2, 0.25) is 10.2 Å². The van der Waals surface area contributed by atoms with Gasteiger partial charge in [0.2, 0.25) is 23.6 Å². The molecule has 1 unspecified atom stereocenters. The summed E-state index contributed by atoms with van der Waals surface area (Å²) in [6.45, 7) is 6.79. The maximum atomic E-state index is 13.2. The second-order valence-electron chi connectivity index (χ2n) is 14.9. The molecule has 58 heavy (non-hydrogen) atoms.